The molecule has 0 aliphatic heterocycles. The van der Waals surface area contributed by atoms with Crippen molar-refractivity contribution in [1.82, 2.24) is 9.97 Å². The third-order valence-electron chi connectivity index (χ3n) is 2.35. The maximum Gasteiger partial charge on any atom is 0.191 e. The van der Waals surface area contributed by atoms with Crippen molar-refractivity contribution in [3.63, 3.8) is 0 Å². The number of para-hydroxylation sites is 1. The molecule has 1 heterocycles. The normalized spacial score (nSPS) is 10.4. The number of nitrogens with one attached hydrogen (secondary N) is 1. The van der Waals surface area contributed by atoms with E-state index in [0.29, 0.717) is 16.7 Å². The highest BCUT2D eigenvalue weighted by Gasteiger charge is 2.10. The van der Waals surface area contributed by atoms with E-state index >= 15 is 0 Å². The summed E-state index contributed by atoms with van der Waals surface area (Å²) in [6.45, 7) is 2.11. The molecule has 1 aromatic carbocycles. The summed E-state index contributed by atoms with van der Waals surface area (Å²) in [7, 11) is 0. The molecule has 0 radical (unpaired) electrons. The number of hydrogen-bond donors (Lipinski definition) is 2. The smallest absolute Gasteiger partial charge is 0.191 e. The number of thioether (sulfide) groups is 1. The summed E-state index contributed by atoms with van der Waals surface area (Å²) >= 11 is 7.60. The number of hydrogen-bond acceptors (Lipinski definition) is 5. The zero-order valence-corrected chi connectivity index (χ0v) is 12.1. The standard InChI is InChI=1S/C13H15ClN4S/c1-2-8-19-13-17-11(14)10(15)12(18-13)16-9-6-4-3-5-7-9/h3-7H,2,8,15H2,1H3,(H,16,17,18). The van der Waals surface area contributed by atoms with Crippen molar-refractivity contribution in [3.05, 3.63) is 35.5 Å². The summed E-state index contributed by atoms with van der Waals surface area (Å²) in [5.41, 5.74) is 7.18. The van der Waals surface area contributed by atoms with Crippen LogP contribution in [-0.2, 0) is 0 Å². The molecule has 0 fully saturated rings. The van der Waals surface area contributed by atoms with Gasteiger partial charge in [0.1, 0.15) is 5.69 Å². The van der Waals surface area contributed by atoms with Crippen LogP contribution in [0, 0.1) is 0 Å². The second-order valence-electron chi connectivity index (χ2n) is 3.90. The zero-order valence-electron chi connectivity index (χ0n) is 10.6. The topological polar surface area (TPSA) is 63.8 Å². The van der Waals surface area contributed by atoms with E-state index in [1.54, 1.807) is 11.8 Å². The zero-order chi connectivity index (χ0) is 13.7. The third-order valence-corrected chi connectivity index (χ3v) is 3.69. The van der Waals surface area contributed by atoms with Crippen LogP contribution < -0.4 is 11.1 Å². The highest BCUT2D eigenvalue weighted by molar-refractivity contribution is 7.99. The van der Waals surface area contributed by atoms with Crippen molar-refractivity contribution in [2.75, 3.05) is 16.8 Å². The van der Waals surface area contributed by atoms with E-state index in [9.17, 15) is 0 Å². The van der Waals surface area contributed by atoms with Crippen LogP contribution in [-0.4, -0.2) is 15.7 Å². The Balaban J connectivity index is 2.25. The number of aromatic nitrogens is 2. The SMILES string of the molecule is CCCSc1nc(Cl)c(N)c(Nc2ccccc2)n1. The molecule has 0 saturated heterocycles. The Hall–Kier alpha value is -1.46. The van der Waals surface area contributed by atoms with Gasteiger partial charge in [-0.1, -0.05) is 48.5 Å². The van der Waals surface area contributed by atoms with Gasteiger partial charge in [-0.2, -0.15) is 0 Å². The van der Waals surface area contributed by atoms with Crippen molar-refractivity contribution < 1.29 is 0 Å². The molecule has 0 bridgehead atoms. The summed E-state index contributed by atoms with van der Waals surface area (Å²) in [5, 5.41) is 4.08. The van der Waals surface area contributed by atoms with E-state index in [1.807, 2.05) is 30.3 Å². The largest absolute Gasteiger partial charge is 0.393 e. The van der Waals surface area contributed by atoms with Crippen LogP contribution in [0.2, 0.25) is 5.15 Å². The van der Waals surface area contributed by atoms with E-state index in [1.165, 1.54) is 0 Å². The first-order chi connectivity index (χ1) is 9.20. The molecule has 4 nitrogen and oxygen atoms in total. The molecule has 2 aromatic rings. The first-order valence-electron chi connectivity index (χ1n) is 5.98. The van der Waals surface area contributed by atoms with Gasteiger partial charge in [-0.15, -0.1) is 0 Å². The van der Waals surface area contributed by atoms with Crippen molar-refractivity contribution >= 4 is 40.6 Å². The number of nitrogens with zero attached hydrogens (tertiary/aromatic N) is 2. The number of nitrogens with two attached hydrogens (primary N) is 1. The minimum Gasteiger partial charge on any atom is -0.393 e. The number of halogens is 1. The van der Waals surface area contributed by atoms with Crippen LogP contribution in [0.25, 0.3) is 0 Å². The molecule has 0 spiro atoms. The van der Waals surface area contributed by atoms with E-state index in [4.69, 9.17) is 17.3 Å². The number of nitrogen functional groups attached to an aromatic ring is 1. The molecular formula is C13H15ClN4S. The van der Waals surface area contributed by atoms with E-state index in [2.05, 4.69) is 22.2 Å². The van der Waals surface area contributed by atoms with Crippen LogP contribution in [0.15, 0.2) is 35.5 Å². The van der Waals surface area contributed by atoms with Crippen molar-refractivity contribution in [3.8, 4) is 0 Å². The van der Waals surface area contributed by atoms with Crippen LogP contribution >= 0.6 is 23.4 Å². The highest BCUT2D eigenvalue weighted by atomic mass is 35.5. The Bertz CT molecular complexity index is 548. The van der Waals surface area contributed by atoms with Crippen molar-refractivity contribution in [2.24, 2.45) is 0 Å². The molecule has 0 aliphatic carbocycles. The summed E-state index contributed by atoms with van der Waals surface area (Å²) < 4.78 is 0. The summed E-state index contributed by atoms with van der Waals surface area (Å²) in [4.78, 5) is 8.56. The second kappa shape index (κ2) is 6.63. The van der Waals surface area contributed by atoms with Crippen LogP contribution in [0.1, 0.15) is 13.3 Å². The molecule has 19 heavy (non-hydrogen) atoms. The number of rotatable bonds is 5. The highest BCUT2D eigenvalue weighted by Crippen LogP contribution is 2.29. The molecule has 1 aromatic heterocycles. The van der Waals surface area contributed by atoms with E-state index in [-0.39, 0.29) is 5.15 Å². The van der Waals surface area contributed by atoms with E-state index in [0.717, 1.165) is 17.9 Å². The lowest BCUT2D eigenvalue weighted by Gasteiger charge is -2.10. The van der Waals surface area contributed by atoms with E-state index < -0.39 is 0 Å². The van der Waals surface area contributed by atoms with Crippen LogP contribution in [0.5, 0.6) is 0 Å². The Labute approximate surface area is 121 Å². The van der Waals surface area contributed by atoms with Gasteiger partial charge in [0, 0.05) is 11.4 Å². The molecule has 100 valence electrons. The predicted molar refractivity (Wildman–Crippen MR) is 82.2 cm³/mol. The van der Waals surface area contributed by atoms with Crippen molar-refractivity contribution in [2.45, 2.75) is 18.5 Å². The minimum atomic E-state index is 0.284. The maximum atomic E-state index is 6.03. The fourth-order valence-corrected chi connectivity index (χ4v) is 2.35. The summed E-state index contributed by atoms with van der Waals surface area (Å²) in [6, 6.07) is 9.70. The first-order valence-corrected chi connectivity index (χ1v) is 7.35. The quantitative estimate of drug-likeness (QED) is 0.496. The Morgan fingerprint density at radius 1 is 1.26 bits per heavy atom. The fourth-order valence-electron chi connectivity index (χ4n) is 1.43. The molecule has 2 rings (SSSR count). The Morgan fingerprint density at radius 2 is 2.00 bits per heavy atom. The molecule has 0 saturated carbocycles. The second-order valence-corrected chi connectivity index (χ2v) is 5.32. The number of anilines is 3. The molecule has 0 unspecified atom stereocenters. The van der Waals surface area contributed by atoms with Gasteiger partial charge >= 0.3 is 0 Å². The molecular weight excluding hydrogens is 280 g/mol. The Kier molecular flexibility index (Phi) is 4.87. The van der Waals surface area contributed by atoms with Gasteiger partial charge in [0.05, 0.1) is 0 Å². The molecule has 3 N–H and O–H groups in total. The van der Waals surface area contributed by atoms with Gasteiger partial charge in [0.25, 0.3) is 0 Å². The van der Waals surface area contributed by atoms with Crippen LogP contribution in [0.3, 0.4) is 0 Å². The Morgan fingerprint density at radius 3 is 2.68 bits per heavy atom. The van der Waals surface area contributed by atoms with Gasteiger partial charge in [0.2, 0.25) is 0 Å². The van der Waals surface area contributed by atoms with Gasteiger partial charge in [-0.05, 0) is 18.6 Å². The maximum absolute atomic E-state index is 6.03. The lowest BCUT2D eigenvalue weighted by atomic mass is 10.3. The summed E-state index contributed by atoms with van der Waals surface area (Å²) in [5.74, 6) is 1.50. The van der Waals surface area contributed by atoms with Gasteiger partial charge in [-0.3, -0.25) is 0 Å². The van der Waals surface area contributed by atoms with Crippen LogP contribution in [0.4, 0.5) is 17.2 Å². The van der Waals surface area contributed by atoms with Crippen molar-refractivity contribution in [1.29, 1.82) is 0 Å². The molecule has 0 aliphatic rings. The predicted octanol–water partition coefficient (Wildman–Crippen LogP) is 3.96. The minimum absolute atomic E-state index is 0.284. The first kappa shape index (κ1) is 14.0. The average molecular weight is 295 g/mol. The molecule has 0 amide bonds. The molecule has 6 heteroatoms. The lowest BCUT2D eigenvalue weighted by Crippen LogP contribution is -2.03. The monoisotopic (exact) mass is 294 g/mol. The fraction of sp³-hybridized carbons (Fsp3) is 0.231. The third kappa shape index (κ3) is 3.75. The number of benzene rings is 1. The summed E-state index contributed by atoms with van der Waals surface area (Å²) in [6.07, 6.45) is 1.05. The van der Waals surface area contributed by atoms with Gasteiger partial charge < -0.3 is 11.1 Å². The average Bonchev–Trinajstić information content (AvgIpc) is 2.43. The van der Waals surface area contributed by atoms with Gasteiger partial charge in [0.15, 0.2) is 16.1 Å². The lowest BCUT2D eigenvalue weighted by molar-refractivity contribution is 0.970. The van der Waals surface area contributed by atoms with Gasteiger partial charge in [-0.25, -0.2) is 9.97 Å². The molecule has 0 atom stereocenters.